The van der Waals surface area contributed by atoms with E-state index in [0.29, 0.717) is 13.0 Å². The Morgan fingerprint density at radius 3 is 2.85 bits per heavy atom. The molecule has 2 amide bonds. The molecular formula is C15H19IN2O2. The van der Waals surface area contributed by atoms with Crippen LogP contribution in [0, 0.1) is 3.57 Å². The molecule has 0 radical (unpaired) electrons. The van der Waals surface area contributed by atoms with E-state index >= 15 is 0 Å². The quantitative estimate of drug-likeness (QED) is 0.809. The van der Waals surface area contributed by atoms with Crippen LogP contribution in [0.25, 0.3) is 0 Å². The van der Waals surface area contributed by atoms with E-state index in [0.717, 1.165) is 28.5 Å². The standard InChI is InChI=1S/C15H19IN2O2/c1-2-6-14(19)18-10-5-9-13(18)15(20)17-12-8-4-3-7-11(12)16/h3-4,7-8,13H,2,5-6,9-10H2,1H3,(H,17,20). The number of hydrogen-bond donors (Lipinski definition) is 1. The second-order valence-electron chi connectivity index (χ2n) is 4.96. The fraction of sp³-hybridized carbons (Fsp3) is 0.467. The highest BCUT2D eigenvalue weighted by Crippen LogP contribution is 2.22. The highest BCUT2D eigenvalue weighted by atomic mass is 127. The van der Waals surface area contributed by atoms with Gasteiger partial charge < -0.3 is 10.2 Å². The van der Waals surface area contributed by atoms with Gasteiger partial charge in [-0.2, -0.15) is 0 Å². The van der Waals surface area contributed by atoms with Crippen LogP contribution < -0.4 is 5.32 Å². The summed E-state index contributed by atoms with van der Waals surface area (Å²) in [4.78, 5) is 26.1. The Labute approximate surface area is 133 Å². The maximum Gasteiger partial charge on any atom is 0.247 e. The van der Waals surface area contributed by atoms with Crippen LogP contribution in [0.4, 0.5) is 5.69 Å². The number of para-hydroxylation sites is 1. The molecule has 0 aliphatic carbocycles. The molecule has 5 heteroatoms. The Morgan fingerprint density at radius 1 is 1.40 bits per heavy atom. The Hall–Kier alpha value is -1.11. The molecular weight excluding hydrogens is 367 g/mol. The Bertz CT molecular complexity index is 504. The van der Waals surface area contributed by atoms with Crippen LogP contribution in [0.5, 0.6) is 0 Å². The molecule has 1 fully saturated rings. The molecule has 1 aromatic rings. The van der Waals surface area contributed by atoms with Gasteiger partial charge in [0.25, 0.3) is 0 Å². The summed E-state index contributed by atoms with van der Waals surface area (Å²) in [6.07, 6.45) is 3.00. The molecule has 1 atom stereocenters. The molecule has 0 bridgehead atoms. The fourth-order valence-corrected chi connectivity index (χ4v) is 3.00. The van der Waals surface area contributed by atoms with Crippen molar-refractivity contribution in [3.63, 3.8) is 0 Å². The normalized spacial score (nSPS) is 18.1. The number of carbonyl (C=O) groups excluding carboxylic acids is 2. The van der Waals surface area contributed by atoms with Crippen molar-refractivity contribution in [1.29, 1.82) is 0 Å². The predicted octanol–water partition coefficient (Wildman–Crippen LogP) is 3.02. The lowest BCUT2D eigenvalue weighted by molar-refractivity contribution is -0.136. The smallest absolute Gasteiger partial charge is 0.247 e. The summed E-state index contributed by atoms with van der Waals surface area (Å²) >= 11 is 2.19. The topological polar surface area (TPSA) is 49.4 Å². The number of carbonyl (C=O) groups is 2. The number of anilines is 1. The van der Waals surface area contributed by atoms with Gasteiger partial charge in [0.15, 0.2) is 0 Å². The molecule has 1 heterocycles. The first-order chi connectivity index (χ1) is 9.63. The zero-order chi connectivity index (χ0) is 14.5. The van der Waals surface area contributed by atoms with Gasteiger partial charge in [0, 0.05) is 16.5 Å². The van der Waals surface area contributed by atoms with Gasteiger partial charge in [0.1, 0.15) is 6.04 Å². The lowest BCUT2D eigenvalue weighted by atomic mass is 10.2. The van der Waals surface area contributed by atoms with Crippen LogP contribution in [-0.4, -0.2) is 29.3 Å². The van der Waals surface area contributed by atoms with E-state index in [1.165, 1.54) is 0 Å². The summed E-state index contributed by atoms with van der Waals surface area (Å²) in [5.41, 5.74) is 0.813. The fourth-order valence-electron chi connectivity index (χ4n) is 2.47. The van der Waals surface area contributed by atoms with E-state index in [1.807, 2.05) is 31.2 Å². The van der Waals surface area contributed by atoms with E-state index in [1.54, 1.807) is 4.90 Å². The Kier molecular flexibility index (Phi) is 5.39. The maximum atomic E-state index is 12.4. The number of nitrogens with one attached hydrogen (secondary N) is 1. The maximum absolute atomic E-state index is 12.4. The third kappa shape index (κ3) is 3.50. The summed E-state index contributed by atoms with van der Waals surface area (Å²) in [5.74, 6) is 0.0176. The minimum absolute atomic E-state index is 0.0731. The minimum Gasteiger partial charge on any atom is -0.331 e. The van der Waals surface area contributed by atoms with Crippen LogP contribution >= 0.6 is 22.6 Å². The molecule has 1 aliphatic rings. The summed E-state index contributed by atoms with van der Waals surface area (Å²) in [6, 6.07) is 7.35. The number of hydrogen-bond acceptors (Lipinski definition) is 2. The molecule has 0 saturated carbocycles. The lowest BCUT2D eigenvalue weighted by Crippen LogP contribution is -2.43. The van der Waals surface area contributed by atoms with Crippen molar-refractivity contribution in [3.05, 3.63) is 27.8 Å². The molecule has 108 valence electrons. The number of benzene rings is 1. The van der Waals surface area contributed by atoms with Crippen LogP contribution in [0.15, 0.2) is 24.3 Å². The van der Waals surface area contributed by atoms with Gasteiger partial charge in [0.2, 0.25) is 11.8 Å². The van der Waals surface area contributed by atoms with Gasteiger partial charge in [-0.25, -0.2) is 0 Å². The van der Waals surface area contributed by atoms with Crippen molar-refractivity contribution >= 4 is 40.1 Å². The average molecular weight is 386 g/mol. The number of halogens is 1. The molecule has 20 heavy (non-hydrogen) atoms. The second kappa shape index (κ2) is 7.06. The summed E-state index contributed by atoms with van der Waals surface area (Å²) < 4.78 is 1.00. The largest absolute Gasteiger partial charge is 0.331 e. The van der Waals surface area contributed by atoms with E-state index < -0.39 is 0 Å². The summed E-state index contributed by atoms with van der Waals surface area (Å²) in [5, 5.41) is 2.94. The first-order valence-corrected chi connectivity index (χ1v) is 8.06. The SMILES string of the molecule is CCCC(=O)N1CCCC1C(=O)Nc1ccccc1I. The van der Waals surface area contributed by atoms with Gasteiger partial charge in [-0.05, 0) is 54.0 Å². The number of amides is 2. The predicted molar refractivity (Wildman–Crippen MR) is 87.4 cm³/mol. The third-order valence-electron chi connectivity index (χ3n) is 3.47. The van der Waals surface area contributed by atoms with Gasteiger partial charge >= 0.3 is 0 Å². The first-order valence-electron chi connectivity index (χ1n) is 6.98. The monoisotopic (exact) mass is 386 g/mol. The van der Waals surface area contributed by atoms with E-state index in [9.17, 15) is 9.59 Å². The molecule has 1 unspecified atom stereocenters. The van der Waals surface area contributed by atoms with Crippen LogP contribution in [0.3, 0.4) is 0 Å². The number of rotatable bonds is 4. The van der Waals surface area contributed by atoms with E-state index in [4.69, 9.17) is 0 Å². The minimum atomic E-state index is -0.315. The second-order valence-corrected chi connectivity index (χ2v) is 6.13. The Morgan fingerprint density at radius 2 is 2.15 bits per heavy atom. The summed E-state index contributed by atoms with van der Waals surface area (Å²) in [7, 11) is 0. The highest BCUT2D eigenvalue weighted by Gasteiger charge is 2.33. The first kappa shape index (κ1) is 15.3. The summed E-state index contributed by atoms with van der Waals surface area (Å²) in [6.45, 7) is 2.68. The third-order valence-corrected chi connectivity index (χ3v) is 4.41. The Balaban J connectivity index is 2.05. The average Bonchev–Trinajstić information content (AvgIpc) is 2.91. The number of likely N-dealkylation sites (tertiary alicyclic amines) is 1. The van der Waals surface area contributed by atoms with Crippen LogP contribution in [0.2, 0.25) is 0 Å². The van der Waals surface area contributed by atoms with Crippen molar-refractivity contribution in [3.8, 4) is 0 Å². The van der Waals surface area contributed by atoms with Gasteiger partial charge in [-0.15, -0.1) is 0 Å². The molecule has 1 aromatic carbocycles. The van der Waals surface area contributed by atoms with Crippen molar-refractivity contribution in [2.24, 2.45) is 0 Å². The van der Waals surface area contributed by atoms with Gasteiger partial charge in [0.05, 0.1) is 5.69 Å². The molecule has 1 aliphatic heterocycles. The zero-order valence-corrected chi connectivity index (χ0v) is 13.7. The number of nitrogens with zero attached hydrogens (tertiary/aromatic N) is 1. The highest BCUT2D eigenvalue weighted by molar-refractivity contribution is 14.1. The van der Waals surface area contributed by atoms with Gasteiger partial charge in [-0.3, -0.25) is 9.59 Å². The molecule has 4 nitrogen and oxygen atoms in total. The van der Waals surface area contributed by atoms with Crippen molar-refractivity contribution < 1.29 is 9.59 Å². The zero-order valence-electron chi connectivity index (χ0n) is 11.6. The van der Waals surface area contributed by atoms with E-state index in [2.05, 4.69) is 27.9 Å². The van der Waals surface area contributed by atoms with Crippen molar-refractivity contribution in [2.75, 3.05) is 11.9 Å². The molecule has 1 saturated heterocycles. The molecule has 1 N–H and O–H groups in total. The van der Waals surface area contributed by atoms with E-state index in [-0.39, 0.29) is 17.9 Å². The molecule has 0 aromatic heterocycles. The van der Waals surface area contributed by atoms with Crippen LogP contribution in [0.1, 0.15) is 32.6 Å². The van der Waals surface area contributed by atoms with Crippen molar-refractivity contribution in [2.45, 2.75) is 38.6 Å². The lowest BCUT2D eigenvalue weighted by Gasteiger charge is -2.24. The van der Waals surface area contributed by atoms with Gasteiger partial charge in [-0.1, -0.05) is 19.1 Å². The molecule has 2 rings (SSSR count). The molecule has 0 spiro atoms. The van der Waals surface area contributed by atoms with Crippen molar-refractivity contribution in [1.82, 2.24) is 4.90 Å². The van der Waals surface area contributed by atoms with Crippen LogP contribution in [-0.2, 0) is 9.59 Å².